The third-order valence-electron chi connectivity index (χ3n) is 4.22. The maximum absolute atomic E-state index is 11.9. The van der Waals surface area contributed by atoms with Crippen LogP contribution in [0.4, 0.5) is 17.3 Å². The van der Waals surface area contributed by atoms with Gasteiger partial charge in [0.1, 0.15) is 17.5 Å². The van der Waals surface area contributed by atoms with Crippen molar-refractivity contribution >= 4 is 23.3 Å². The van der Waals surface area contributed by atoms with Crippen LogP contribution in [-0.4, -0.2) is 29.6 Å². The summed E-state index contributed by atoms with van der Waals surface area (Å²) in [5.74, 6) is 1.62. The van der Waals surface area contributed by atoms with Crippen LogP contribution < -0.4 is 10.6 Å². The number of aromatic nitrogens is 2. The van der Waals surface area contributed by atoms with Crippen LogP contribution >= 0.6 is 0 Å². The molecule has 2 aromatic carbocycles. The van der Waals surface area contributed by atoms with E-state index in [0.29, 0.717) is 22.9 Å². The predicted octanol–water partition coefficient (Wildman–Crippen LogP) is 4.36. The Labute approximate surface area is 165 Å². The number of carbonyl (C=O) groups excluding carboxylic acids is 1. The highest BCUT2D eigenvalue weighted by molar-refractivity contribution is 5.96. The molecular formula is C22H24N4O2. The van der Waals surface area contributed by atoms with E-state index in [4.69, 9.17) is 4.74 Å². The van der Waals surface area contributed by atoms with E-state index in [2.05, 4.69) is 44.9 Å². The minimum atomic E-state index is -0.395. The van der Waals surface area contributed by atoms with Gasteiger partial charge in [-0.15, -0.1) is 0 Å². The normalized spacial score (nSPS) is 10.4. The summed E-state index contributed by atoms with van der Waals surface area (Å²) in [6, 6.07) is 19.4. The Bertz CT molecular complexity index is 929. The second-order valence-electron chi connectivity index (χ2n) is 6.36. The summed E-state index contributed by atoms with van der Waals surface area (Å²) in [7, 11) is 1.37. The van der Waals surface area contributed by atoms with Crippen molar-refractivity contribution in [2.24, 2.45) is 0 Å². The molecule has 1 heterocycles. The van der Waals surface area contributed by atoms with Crippen LogP contribution in [0.25, 0.3) is 0 Å². The predicted molar refractivity (Wildman–Crippen MR) is 111 cm³/mol. The van der Waals surface area contributed by atoms with Gasteiger partial charge in [-0.3, -0.25) is 0 Å². The summed E-state index contributed by atoms with van der Waals surface area (Å²) in [6.45, 7) is 2.65. The molecule has 0 saturated heterocycles. The van der Waals surface area contributed by atoms with Gasteiger partial charge in [-0.1, -0.05) is 42.5 Å². The molecule has 0 bridgehead atoms. The first-order valence-electron chi connectivity index (χ1n) is 9.23. The Morgan fingerprint density at radius 2 is 1.71 bits per heavy atom. The number of methoxy groups -OCH3 is 1. The Hall–Kier alpha value is -3.41. The van der Waals surface area contributed by atoms with Gasteiger partial charge < -0.3 is 15.4 Å². The number of carbonyl (C=O) groups is 1. The van der Waals surface area contributed by atoms with Crippen LogP contribution in [0.1, 0.15) is 28.2 Å². The second kappa shape index (κ2) is 9.50. The molecule has 3 aromatic rings. The number of rotatable bonds is 8. The van der Waals surface area contributed by atoms with Gasteiger partial charge in [0.15, 0.2) is 0 Å². The molecule has 2 N–H and O–H groups in total. The summed E-state index contributed by atoms with van der Waals surface area (Å²) < 4.78 is 4.84. The van der Waals surface area contributed by atoms with Crippen molar-refractivity contribution in [2.75, 3.05) is 24.3 Å². The van der Waals surface area contributed by atoms with E-state index >= 15 is 0 Å². The lowest BCUT2D eigenvalue weighted by molar-refractivity contribution is 0.0602. The van der Waals surface area contributed by atoms with E-state index in [1.165, 1.54) is 12.7 Å². The smallest absolute Gasteiger partial charge is 0.339 e. The lowest BCUT2D eigenvalue weighted by Crippen LogP contribution is -2.09. The Kier molecular flexibility index (Phi) is 6.57. The van der Waals surface area contributed by atoms with Gasteiger partial charge in [-0.2, -0.15) is 0 Å². The van der Waals surface area contributed by atoms with Crippen molar-refractivity contribution in [3.8, 4) is 0 Å². The van der Waals surface area contributed by atoms with Crippen LogP contribution in [-0.2, 0) is 11.2 Å². The highest BCUT2D eigenvalue weighted by Crippen LogP contribution is 2.22. The highest BCUT2D eigenvalue weighted by Gasteiger charge is 2.12. The minimum absolute atomic E-state index is 0.395. The van der Waals surface area contributed by atoms with Crippen molar-refractivity contribution in [1.29, 1.82) is 0 Å². The zero-order valence-electron chi connectivity index (χ0n) is 16.1. The molecule has 0 spiro atoms. The van der Waals surface area contributed by atoms with Crippen LogP contribution in [0.3, 0.4) is 0 Å². The first-order chi connectivity index (χ1) is 13.7. The molecule has 3 rings (SSSR count). The van der Waals surface area contributed by atoms with E-state index in [1.54, 1.807) is 12.1 Å². The van der Waals surface area contributed by atoms with Gasteiger partial charge in [-0.05, 0) is 37.5 Å². The number of hydrogen-bond acceptors (Lipinski definition) is 6. The molecule has 0 unspecified atom stereocenters. The molecule has 0 aliphatic heterocycles. The first kappa shape index (κ1) is 19.4. The molecule has 6 heteroatoms. The van der Waals surface area contributed by atoms with Crippen molar-refractivity contribution < 1.29 is 9.53 Å². The number of ether oxygens (including phenoxy) is 1. The second-order valence-corrected chi connectivity index (χ2v) is 6.36. The number of anilines is 3. The van der Waals surface area contributed by atoms with Gasteiger partial charge >= 0.3 is 5.97 Å². The van der Waals surface area contributed by atoms with Crippen LogP contribution in [0.15, 0.2) is 60.7 Å². The summed E-state index contributed by atoms with van der Waals surface area (Å²) in [6.07, 6.45) is 2.01. The zero-order valence-corrected chi connectivity index (χ0v) is 16.1. The molecule has 0 aliphatic rings. The highest BCUT2D eigenvalue weighted by atomic mass is 16.5. The molecule has 0 fully saturated rings. The Balaban J connectivity index is 1.64. The first-order valence-corrected chi connectivity index (χ1v) is 9.23. The van der Waals surface area contributed by atoms with E-state index < -0.39 is 5.97 Å². The molecule has 0 aliphatic carbocycles. The molecule has 0 radical (unpaired) electrons. The quantitative estimate of drug-likeness (QED) is 0.449. The van der Waals surface area contributed by atoms with Crippen molar-refractivity contribution in [2.45, 2.75) is 19.8 Å². The maximum atomic E-state index is 11.9. The minimum Gasteiger partial charge on any atom is -0.465 e. The lowest BCUT2D eigenvalue weighted by atomic mass is 10.1. The fraction of sp³-hybridized carbons (Fsp3) is 0.227. The van der Waals surface area contributed by atoms with E-state index in [0.717, 1.165) is 25.2 Å². The van der Waals surface area contributed by atoms with Gasteiger partial charge in [0, 0.05) is 12.6 Å². The monoisotopic (exact) mass is 376 g/mol. The van der Waals surface area contributed by atoms with Gasteiger partial charge in [0.2, 0.25) is 0 Å². The topological polar surface area (TPSA) is 76.1 Å². The third kappa shape index (κ3) is 5.30. The van der Waals surface area contributed by atoms with Crippen LogP contribution in [0.2, 0.25) is 0 Å². The van der Waals surface area contributed by atoms with E-state index in [1.807, 2.05) is 31.2 Å². The number of hydrogen-bond donors (Lipinski definition) is 2. The Morgan fingerprint density at radius 3 is 2.50 bits per heavy atom. The largest absolute Gasteiger partial charge is 0.465 e. The summed E-state index contributed by atoms with van der Waals surface area (Å²) >= 11 is 0. The number of nitrogens with one attached hydrogen (secondary N) is 2. The van der Waals surface area contributed by atoms with Gasteiger partial charge in [0.25, 0.3) is 0 Å². The molecule has 0 amide bonds. The molecular weight excluding hydrogens is 352 g/mol. The van der Waals surface area contributed by atoms with Crippen molar-refractivity contribution in [3.63, 3.8) is 0 Å². The molecule has 144 valence electrons. The molecule has 28 heavy (non-hydrogen) atoms. The number of aryl methyl sites for hydroxylation is 2. The molecule has 1 aromatic heterocycles. The SMILES string of the molecule is COC(=O)c1ccccc1Nc1cc(NCCCc2ccccc2)nc(C)n1. The third-order valence-corrected chi connectivity index (χ3v) is 4.22. The average Bonchev–Trinajstić information content (AvgIpc) is 2.71. The number of benzene rings is 2. The number of esters is 1. The van der Waals surface area contributed by atoms with Crippen molar-refractivity contribution in [3.05, 3.63) is 77.6 Å². The summed E-state index contributed by atoms with van der Waals surface area (Å²) in [5.41, 5.74) is 2.42. The molecule has 0 atom stereocenters. The molecule has 0 saturated carbocycles. The lowest BCUT2D eigenvalue weighted by Gasteiger charge is -2.12. The average molecular weight is 376 g/mol. The zero-order chi connectivity index (χ0) is 19.8. The maximum Gasteiger partial charge on any atom is 0.339 e. The van der Waals surface area contributed by atoms with Crippen LogP contribution in [0.5, 0.6) is 0 Å². The van der Waals surface area contributed by atoms with E-state index in [9.17, 15) is 4.79 Å². The fourth-order valence-corrected chi connectivity index (χ4v) is 2.89. The summed E-state index contributed by atoms with van der Waals surface area (Å²) in [5, 5.41) is 6.54. The summed E-state index contributed by atoms with van der Waals surface area (Å²) in [4.78, 5) is 20.8. The van der Waals surface area contributed by atoms with Crippen molar-refractivity contribution in [1.82, 2.24) is 9.97 Å². The number of para-hydroxylation sites is 1. The number of nitrogens with zero attached hydrogens (tertiary/aromatic N) is 2. The Morgan fingerprint density at radius 1 is 1.00 bits per heavy atom. The van der Waals surface area contributed by atoms with Gasteiger partial charge in [-0.25, -0.2) is 14.8 Å². The van der Waals surface area contributed by atoms with Crippen LogP contribution in [0, 0.1) is 6.92 Å². The van der Waals surface area contributed by atoms with E-state index in [-0.39, 0.29) is 0 Å². The standard InChI is InChI=1S/C22H24N4O2/c1-16-24-20(23-14-8-11-17-9-4-3-5-10-17)15-21(25-16)26-19-13-7-6-12-18(19)22(27)28-2/h3-7,9-10,12-13,15H,8,11,14H2,1-2H3,(H2,23,24,25,26). The molecule has 6 nitrogen and oxygen atoms in total. The fourth-order valence-electron chi connectivity index (χ4n) is 2.89. The van der Waals surface area contributed by atoms with Gasteiger partial charge in [0.05, 0.1) is 18.4 Å².